The Morgan fingerprint density at radius 3 is 2.13 bits per heavy atom. The van der Waals surface area contributed by atoms with Gasteiger partial charge >= 0.3 is 6.18 Å². The van der Waals surface area contributed by atoms with Gasteiger partial charge in [0.15, 0.2) is 5.60 Å². The van der Waals surface area contributed by atoms with Gasteiger partial charge in [-0.25, -0.2) is 0 Å². The predicted molar refractivity (Wildman–Crippen MR) is 119 cm³/mol. The summed E-state index contributed by atoms with van der Waals surface area (Å²) in [7, 11) is 0. The van der Waals surface area contributed by atoms with Crippen LogP contribution in [0.4, 0.5) is 13.2 Å². The van der Waals surface area contributed by atoms with Gasteiger partial charge in [0.25, 0.3) is 0 Å². The molecule has 0 aromatic rings. The molecule has 4 aliphatic carbocycles. The monoisotopic (exact) mass is 438 g/mol. The molecular formula is C27H41F3O. The first-order valence-corrected chi connectivity index (χ1v) is 12.1. The molecule has 31 heavy (non-hydrogen) atoms. The van der Waals surface area contributed by atoms with Crippen LogP contribution in [0.2, 0.25) is 0 Å². The number of hydrogen-bond acceptors (Lipinski definition) is 1. The van der Waals surface area contributed by atoms with Crippen molar-refractivity contribution in [2.24, 2.45) is 38.9 Å². The Kier molecular flexibility index (Phi) is 4.85. The SMILES string of the molecule is C=C[C@]12CC[C@]3(C)[C@@H](C(=C)C)CC[C@@]3(C)[C@@H]1CC[C@]1(C)C[C@@](O)(C(F)(F)F)CC[C@@]12C. The van der Waals surface area contributed by atoms with Gasteiger partial charge in [0.05, 0.1) is 0 Å². The number of aliphatic hydroxyl groups is 1. The van der Waals surface area contributed by atoms with Crippen molar-refractivity contribution in [3.63, 3.8) is 0 Å². The number of hydrogen-bond donors (Lipinski definition) is 1. The molecule has 0 aromatic heterocycles. The first kappa shape index (κ1) is 23.4. The highest BCUT2D eigenvalue weighted by atomic mass is 19.4. The van der Waals surface area contributed by atoms with Crippen molar-refractivity contribution < 1.29 is 18.3 Å². The lowest BCUT2D eigenvalue weighted by atomic mass is 9.31. The van der Waals surface area contributed by atoms with Gasteiger partial charge in [0, 0.05) is 0 Å². The zero-order valence-corrected chi connectivity index (χ0v) is 20.1. The number of allylic oxidation sites excluding steroid dienone is 2. The van der Waals surface area contributed by atoms with Gasteiger partial charge in [-0.3, -0.25) is 0 Å². The maximum Gasteiger partial charge on any atom is 0.417 e. The lowest BCUT2D eigenvalue weighted by molar-refractivity contribution is -0.314. The fourth-order valence-corrected chi connectivity index (χ4v) is 9.74. The molecule has 1 nitrogen and oxygen atoms in total. The van der Waals surface area contributed by atoms with Gasteiger partial charge in [-0.1, -0.05) is 45.9 Å². The van der Waals surface area contributed by atoms with E-state index in [1.807, 2.05) is 6.92 Å². The summed E-state index contributed by atoms with van der Waals surface area (Å²) in [6.07, 6.45) is 3.60. The number of fused-ring (bicyclic) bond motifs is 5. The molecule has 0 amide bonds. The molecule has 0 bridgehead atoms. The average molecular weight is 439 g/mol. The molecular weight excluding hydrogens is 397 g/mol. The number of rotatable bonds is 2. The summed E-state index contributed by atoms with van der Waals surface area (Å²) in [5.41, 5.74) is -2.03. The maximum atomic E-state index is 13.8. The van der Waals surface area contributed by atoms with Crippen LogP contribution in [0.1, 0.15) is 92.4 Å². The third kappa shape index (κ3) is 2.55. The lowest BCUT2D eigenvalue weighted by Crippen LogP contribution is -2.68. The summed E-state index contributed by atoms with van der Waals surface area (Å²) in [6, 6.07) is 0. The van der Waals surface area contributed by atoms with Crippen LogP contribution in [0, 0.1) is 38.9 Å². The molecule has 0 aromatic carbocycles. The van der Waals surface area contributed by atoms with Gasteiger partial charge in [-0.15, -0.1) is 6.58 Å². The van der Waals surface area contributed by atoms with E-state index < -0.39 is 17.2 Å². The van der Waals surface area contributed by atoms with Crippen LogP contribution in [-0.4, -0.2) is 16.9 Å². The molecule has 0 radical (unpaired) electrons. The molecule has 0 saturated heterocycles. The molecule has 176 valence electrons. The lowest BCUT2D eigenvalue weighted by Gasteiger charge is -2.73. The Balaban J connectivity index is 1.80. The number of alkyl halides is 3. The zero-order chi connectivity index (χ0) is 23.3. The number of halogens is 3. The molecule has 4 fully saturated rings. The minimum atomic E-state index is -4.58. The van der Waals surface area contributed by atoms with Crippen molar-refractivity contribution in [2.45, 2.75) is 104 Å². The van der Waals surface area contributed by atoms with Crippen molar-refractivity contribution >= 4 is 0 Å². The van der Waals surface area contributed by atoms with E-state index in [1.54, 1.807) is 0 Å². The van der Waals surface area contributed by atoms with Crippen LogP contribution in [0.25, 0.3) is 0 Å². The van der Waals surface area contributed by atoms with Gasteiger partial charge in [-0.05, 0) is 104 Å². The van der Waals surface area contributed by atoms with Crippen LogP contribution in [0.3, 0.4) is 0 Å². The van der Waals surface area contributed by atoms with E-state index in [4.69, 9.17) is 0 Å². The Labute approximate surface area is 186 Å². The third-order valence-corrected chi connectivity index (χ3v) is 12.0. The molecule has 4 rings (SSSR count). The summed E-state index contributed by atoms with van der Waals surface area (Å²) >= 11 is 0. The van der Waals surface area contributed by atoms with Crippen LogP contribution in [0.5, 0.6) is 0 Å². The van der Waals surface area contributed by atoms with Crippen molar-refractivity contribution in [3.8, 4) is 0 Å². The van der Waals surface area contributed by atoms with E-state index in [1.165, 1.54) is 5.57 Å². The van der Waals surface area contributed by atoms with Gasteiger partial charge in [0.2, 0.25) is 0 Å². The first-order valence-electron chi connectivity index (χ1n) is 12.1. The quantitative estimate of drug-likeness (QED) is 0.435. The molecule has 4 saturated carbocycles. The van der Waals surface area contributed by atoms with Crippen molar-refractivity contribution in [1.82, 2.24) is 0 Å². The Hall–Kier alpha value is -0.770. The zero-order valence-electron chi connectivity index (χ0n) is 20.1. The molecule has 8 atom stereocenters. The summed E-state index contributed by atoms with van der Waals surface area (Å²) < 4.78 is 41.5. The highest BCUT2D eigenvalue weighted by Gasteiger charge is 2.75. The van der Waals surface area contributed by atoms with Gasteiger partial charge < -0.3 is 5.11 Å². The van der Waals surface area contributed by atoms with Gasteiger partial charge in [-0.2, -0.15) is 13.2 Å². The summed E-state index contributed by atoms with van der Waals surface area (Å²) in [5, 5.41) is 10.7. The fourth-order valence-electron chi connectivity index (χ4n) is 9.74. The van der Waals surface area contributed by atoms with Crippen LogP contribution >= 0.6 is 0 Å². The van der Waals surface area contributed by atoms with Gasteiger partial charge in [0.1, 0.15) is 0 Å². The topological polar surface area (TPSA) is 20.2 Å². The maximum absolute atomic E-state index is 13.8. The third-order valence-electron chi connectivity index (χ3n) is 12.0. The second-order valence-electron chi connectivity index (χ2n) is 12.7. The standard InChI is InChI=1S/C27H41F3O/c1-8-25-15-13-22(5)19(18(2)3)9-12-23(22,6)20(25)10-11-21(4)17-26(31,27(28,29)30)16-14-24(21,25)7/h8,19-20,31H,1-2,9-17H2,3-7H3/t19-,20+,21-,22-,23+,24+,25+,26-/m1/s1. The van der Waals surface area contributed by atoms with Crippen molar-refractivity contribution in [1.29, 1.82) is 0 Å². The van der Waals surface area contributed by atoms with E-state index in [2.05, 4.69) is 46.9 Å². The summed E-state index contributed by atoms with van der Waals surface area (Å²) in [6.45, 7) is 20.0. The average Bonchev–Trinajstić information content (AvgIpc) is 2.93. The molecule has 1 N–H and O–H groups in total. The van der Waals surface area contributed by atoms with Crippen molar-refractivity contribution in [3.05, 3.63) is 24.8 Å². The van der Waals surface area contributed by atoms with Crippen LogP contribution < -0.4 is 0 Å². The summed E-state index contributed by atoms with van der Waals surface area (Å²) in [5.74, 6) is 0.930. The molecule has 0 unspecified atom stereocenters. The largest absolute Gasteiger partial charge is 0.417 e. The fraction of sp³-hybridized carbons (Fsp3) is 0.852. The van der Waals surface area contributed by atoms with E-state index in [-0.39, 0.29) is 34.5 Å². The molecule has 0 aliphatic heterocycles. The van der Waals surface area contributed by atoms with Crippen molar-refractivity contribution in [2.75, 3.05) is 0 Å². The van der Waals surface area contributed by atoms with Crippen LogP contribution in [0.15, 0.2) is 24.8 Å². The Morgan fingerprint density at radius 2 is 1.58 bits per heavy atom. The van der Waals surface area contributed by atoms with Crippen LogP contribution in [-0.2, 0) is 0 Å². The molecule has 4 heteroatoms. The normalized spacial score (nSPS) is 54.5. The smallest absolute Gasteiger partial charge is 0.380 e. The first-order chi connectivity index (χ1) is 14.1. The Bertz CT molecular complexity index is 803. The predicted octanol–water partition coefficient (Wildman–Crippen LogP) is 7.85. The van der Waals surface area contributed by atoms with E-state index in [0.717, 1.165) is 38.5 Å². The minimum absolute atomic E-state index is 0.130. The van der Waals surface area contributed by atoms with E-state index in [9.17, 15) is 18.3 Å². The second-order valence-corrected chi connectivity index (χ2v) is 12.7. The summed E-state index contributed by atoms with van der Waals surface area (Å²) in [4.78, 5) is 0. The highest BCUT2D eigenvalue weighted by Crippen LogP contribution is 2.80. The molecule has 0 heterocycles. The van der Waals surface area contributed by atoms with E-state index >= 15 is 0 Å². The van der Waals surface area contributed by atoms with E-state index in [0.29, 0.717) is 18.3 Å². The second kappa shape index (κ2) is 6.42. The Morgan fingerprint density at radius 1 is 0.935 bits per heavy atom. The molecule has 4 aliphatic rings. The minimum Gasteiger partial charge on any atom is -0.380 e. The molecule has 0 spiro atoms. The highest BCUT2D eigenvalue weighted by molar-refractivity contribution is 5.28.